The van der Waals surface area contributed by atoms with Gasteiger partial charge in [-0.25, -0.2) is 4.57 Å². The van der Waals surface area contributed by atoms with Gasteiger partial charge in [0.05, 0.1) is 19.8 Å². The van der Waals surface area contributed by atoms with Crippen molar-refractivity contribution < 1.29 is 18.1 Å². The maximum atomic E-state index is 13.0. The molecular weight excluding hydrogens is 407 g/mol. The summed E-state index contributed by atoms with van der Waals surface area (Å²) in [6, 6.07) is 0. The van der Waals surface area contributed by atoms with Crippen LogP contribution in [0.4, 0.5) is 0 Å². The molecule has 0 aliphatic carbocycles. The molecule has 0 aromatic heterocycles. The first kappa shape index (κ1) is 31.1. The van der Waals surface area contributed by atoms with Crippen molar-refractivity contribution in [3.05, 3.63) is 0 Å². The van der Waals surface area contributed by atoms with Gasteiger partial charge in [0, 0.05) is 0 Å². The maximum absolute atomic E-state index is 13.0. The summed E-state index contributed by atoms with van der Waals surface area (Å²) >= 11 is 0. The van der Waals surface area contributed by atoms with Crippen molar-refractivity contribution in [2.24, 2.45) is 11.8 Å². The Labute approximate surface area is 195 Å². The first-order valence-electron chi connectivity index (χ1n) is 13.4. The van der Waals surface area contributed by atoms with E-state index in [-0.39, 0.29) is 0 Å². The predicted molar refractivity (Wildman–Crippen MR) is 135 cm³/mol. The molecule has 0 radical (unpaired) electrons. The summed E-state index contributed by atoms with van der Waals surface area (Å²) in [7, 11) is -3.43. The van der Waals surface area contributed by atoms with Gasteiger partial charge in [-0.15, -0.1) is 0 Å². The standard InChI is InChI=1S/C26H55O4P/c1-6-7-8-9-10-11-12-17-22-28-31(27,29-23-18-13-15-20-25(2)3)30-24-19-14-16-21-26(4)5/h25-26H,6-24H2,1-5H3. The highest BCUT2D eigenvalue weighted by molar-refractivity contribution is 7.48. The van der Waals surface area contributed by atoms with Crippen LogP contribution >= 0.6 is 7.82 Å². The van der Waals surface area contributed by atoms with Crippen LogP contribution in [0, 0.1) is 11.8 Å². The van der Waals surface area contributed by atoms with Crippen LogP contribution in [-0.2, 0) is 18.1 Å². The summed E-state index contributed by atoms with van der Waals surface area (Å²) < 4.78 is 30.0. The van der Waals surface area contributed by atoms with Gasteiger partial charge in [-0.2, -0.15) is 0 Å². The second kappa shape index (κ2) is 21.9. The molecule has 0 rings (SSSR count). The number of phosphoric ester groups is 1. The quantitative estimate of drug-likeness (QED) is 0.106. The number of rotatable bonds is 24. The van der Waals surface area contributed by atoms with Crippen molar-refractivity contribution >= 4 is 7.82 Å². The van der Waals surface area contributed by atoms with Gasteiger partial charge in [0.1, 0.15) is 0 Å². The van der Waals surface area contributed by atoms with E-state index in [1.807, 2.05) is 0 Å². The third kappa shape index (κ3) is 23.1. The molecule has 0 unspecified atom stereocenters. The molecule has 0 N–H and O–H groups in total. The highest BCUT2D eigenvalue weighted by Crippen LogP contribution is 2.50. The van der Waals surface area contributed by atoms with Gasteiger partial charge in [-0.1, -0.05) is 118 Å². The summed E-state index contributed by atoms with van der Waals surface area (Å²) in [5, 5.41) is 0. The Morgan fingerprint density at radius 3 is 1.19 bits per heavy atom. The molecule has 188 valence electrons. The Balaban J connectivity index is 4.09. The largest absolute Gasteiger partial charge is 0.474 e. The van der Waals surface area contributed by atoms with Gasteiger partial charge in [0.2, 0.25) is 0 Å². The van der Waals surface area contributed by atoms with E-state index >= 15 is 0 Å². The van der Waals surface area contributed by atoms with E-state index in [0.717, 1.165) is 50.4 Å². The molecule has 0 atom stereocenters. The van der Waals surface area contributed by atoms with Gasteiger partial charge in [-0.05, 0) is 31.1 Å². The van der Waals surface area contributed by atoms with E-state index in [1.165, 1.54) is 64.2 Å². The lowest BCUT2D eigenvalue weighted by molar-refractivity contribution is 0.108. The van der Waals surface area contributed by atoms with Crippen LogP contribution in [0.3, 0.4) is 0 Å². The zero-order valence-electron chi connectivity index (χ0n) is 21.7. The minimum Gasteiger partial charge on any atom is -0.287 e. The third-order valence-corrected chi connectivity index (χ3v) is 7.09. The SMILES string of the molecule is CCCCCCCCCCOP(=O)(OCCCCCC(C)C)OCCCCCC(C)C. The van der Waals surface area contributed by atoms with Gasteiger partial charge in [0.25, 0.3) is 0 Å². The van der Waals surface area contributed by atoms with Gasteiger partial charge in [-0.3, -0.25) is 13.6 Å². The molecule has 0 saturated carbocycles. The average molecular weight is 463 g/mol. The monoisotopic (exact) mass is 462 g/mol. The van der Waals surface area contributed by atoms with Crippen LogP contribution in [0.5, 0.6) is 0 Å². The van der Waals surface area contributed by atoms with Crippen molar-refractivity contribution in [1.29, 1.82) is 0 Å². The molecule has 4 nitrogen and oxygen atoms in total. The van der Waals surface area contributed by atoms with Crippen LogP contribution in [0.25, 0.3) is 0 Å². The molecule has 0 amide bonds. The summed E-state index contributed by atoms with van der Waals surface area (Å²) in [6.07, 6.45) is 18.8. The van der Waals surface area contributed by atoms with Crippen molar-refractivity contribution in [2.45, 2.75) is 137 Å². The average Bonchev–Trinajstić information content (AvgIpc) is 2.71. The van der Waals surface area contributed by atoms with Gasteiger partial charge in [0.15, 0.2) is 0 Å². The summed E-state index contributed by atoms with van der Waals surface area (Å²) in [4.78, 5) is 0. The van der Waals surface area contributed by atoms with Crippen LogP contribution in [0.15, 0.2) is 0 Å². The fourth-order valence-electron chi connectivity index (χ4n) is 3.54. The first-order valence-corrected chi connectivity index (χ1v) is 14.9. The Kier molecular flexibility index (Phi) is 22.0. The number of unbranched alkanes of at least 4 members (excludes halogenated alkanes) is 11. The van der Waals surface area contributed by atoms with Gasteiger partial charge >= 0.3 is 7.82 Å². The van der Waals surface area contributed by atoms with E-state index < -0.39 is 7.82 Å². The normalized spacial score (nSPS) is 12.4. The van der Waals surface area contributed by atoms with Crippen molar-refractivity contribution in [2.75, 3.05) is 19.8 Å². The molecule has 0 aliphatic rings. The van der Waals surface area contributed by atoms with Crippen molar-refractivity contribution in [1.82, 2.24) is 0 Å². The zero-order chi connectivity index (χ0) is 23.2. The Morgan fingerprint density at radius 1 is 0.516 bits per heavy atom. The molecule has 0 aromatic carbocycles. The molecule has 0 aliphatic heterocycles. The molecular formula is C26H55O4P. The minimum absolute atomic E-state index is 0.458. The summed E-state index contributed by atoms with van der Waals surface area (Å²) in [5.41, 5.74) is 0. The second-order valence-electron chi connectivity index (χ2n) is 9.91. The van der Waals surface area contributed by atoms with Crippen LogP contribution in [-0.4, -0.2) is 19.8 Å². The van der Waals surface area contributed by atoms with Gasteiger partial charge < -0.3 is 0 Å². The molecule has 31 heavy (non-hydrogen) atoms. The van der Waals surface area contributed by atoms with E-state index in [4.69, 9.17) is 13.6 Å². The Hall–Kier alpha value is 0.110. The predicted octanol–water partition coefficient (Wildman–Crippen LogP) is 9.72. The fourth-order valence-corrected chi connectivity index (χ4v) is 4.82. The highest BCUT2D eigenvalue weighted by Gasteiger charge is 2.26. The zero-order valence-corrected chi connectivity index (χ0v) is 22.6. The fraction of sp³-hybridized carbons (Fsp3) is 1.00. The minimum atomic E-state index is -3.43. The molecule has 0 saturated heterocycles. The lowest BCUT2D eigenvalue weighted by atomic mass is 10.1. The number of hydrogen-bond donors (Lipinski definition) is 0. The molecule has 0 spiro atoms. The molecule has 0 fully saturated rings. The van der Waals surface area contributed by atoms with Crippen LogP contribution < -0.4 is 0 Å². The summed E-state index contributed by atoms with van der Waals surface area (Å²) in [6.45, 7) is 12.6. The highest BCUT2D eigenvalue weighted by atomic mass is 31.2. The van der Waals surface area contributed by atoms with E-state index in [0.29, 0.717) is 19.8 Å². The Bertz CT molecular complexity index is 388. The lowest BCUT2D eigenvalue weighted by Gasteiger charge is -2.18. The van der Waals surface area contributed by atoms with Crippen LogP contribution in [0.1, 0.15) is 137 Å². The lowest BCUT2D eigenvalue weighted by Crippen LogP contribution is -2.04. The third-order valence-electron chi connectivity index (χ3n) is 5.60. The summed E-state index contributed by atoms with van der Waals surface area (Å²) in [5.74, 6) is 1.47. The molecule has 5 heteroatoms. The van der Waals surface area contributed by atoms with E-state index in [1.54, 1.807) is 0 Å². The Morgan fingerprint density at radius 2 is 0.839 bits per heavy atom. The van der Waals surface area contributed by atoms with E-state index in [9.17, 15) is 4.57 Å². The number of hydrogen-bond acceptors (Lipinski definition) is 4. The smallest absolute Gasteiger partial charge is 0.287 e. The number of phosphoric acid groups is 1. The van der Waals surface area contributed by atoms with Crippen molar-refractivity contribution in [3.8, 4) is 0 Å². The van der Waals surface area contributed by atoms with Crippen molar-refractivity contribution in [3.63, 3.8) is 0 Å². The topological polar surface area (TPSA) is 44.8 Å². The first-order chi connectivity index (χ1) is 14.9. The second-order valence-corrected chi connectivity index (χ2v) is 11.6. The molecule has 0 aromatic rings. The maximum Gasteiger partial charge on any atom is 0.474 e. The molecule has 0 bridgehead atoms. The molecule has 0 heterocycles. The van der Waals surface area contributed by atoms with Crippen LogP contribution in [0.2, 0.25) is 0 Å². The van der Waals surface area contributed by atoms with E-state index in [2.05, 4.69) is 34.6 Å².